The fraction of sp³-hybridized carbons (Fsp3) is 0.571. The Morgan fingerprint density at radius 1 is 1.33 bits per heavy atom. The van der Waals surface area contributed by atoms with Crippen molar-refractivity contribution in [3.05, 3.63) is 28.2 Å². The Morgan fingerprint density at radius 3 is 2.57 bits per heavy atom. The second-order valence-corrected chi connectivity index (χ2v) is 8.45. The first-order valence-corrected chi connectivity index (χ1v) is 9.07. The molecule has 1 aromatic carbocycles. The number of benzene rings is 1. The topological polar surface area (TPSA) is 58.2 Å². The summed E-state index contributed by atoms with van der Waals surface area (Å²) in [7, 11) is -3.45. The van der Waals surface area contributed by atoms with Crippen LogP contribution in [-0.2, 0) is 10.0 Å². The molecule has 0 radical (unpaired) electrons. The fourth-order valence-electron chi connectivity index (χ4n) is 2.42. The van der Waals surface area contributed by atoms with Crippen molar-refractivity contribution in [1.82, 2.24) is 10.0 Å². The molecular formula is C14H22BrClN2O2S. The van der Waals surface area contributed by atoms with Gasteiger partial charge in [0.05, 0.1) is 4.90 Å². The maximum atomic E-state index is 12.4. The van der Waals surface area contributed by atoms with Crippen LogP contribution in [0.4, 0.5) is 0 Å². The van der Waals surface area contributed by atoms with Crippen LogP contribution < -0.4 is 10.0 Å². The minimum absolute atomic E-state index is 0. The van der Waals surface area contributed by atoms with E-state index in [9.17, 15) is 8.42 Å². The van der Waals surface area contributed by atoms with Crippen LogP contribution in [0.2, 0.25) is 0 Å². The van der Waals surface area contributed by atoms with Crippen molar-refractivity contribution in [2.24, 2.45) is 5.41 Å². The summed E-state index contributed by atoms with van der Waals surface area (Å²) in [6, 6.07) is 5.32. The van der Waals surface area contributed by atoms with Crippen LogP contribution in [0.15, 0.2) is 27.6 Å². The molecule has 2 N–H and O–H groups in total. The third-order valence-electron chi connectivity index (χ3n) is 3.94. The van der Waals surface area contributed by atoms with Crippen LogP contribution in [0, 0.1) is 12.3 Å². The van der Waals surface area contributed by atoms with Gasteiger partial charge in [0.2, 0.25) is 10.0 Å². The third kappa shape index (κ3) is 4.93. The second kappa shape index (κ2) is 7.42. The van der Waals surface area contributed by atoms with Crippen molar-refractivity contribution < 1.29 is 8.42 Å². The standard InChI is InChI=1S/C14H21BrN2O2S.ClH/c1-11-3-4-12(15)9-13(11)20(18,19)17-10-14(2)5-7-16-8-6-14;/h3-4,9,16-17H,5-8,10H2,1-2H3;1H. The number of hydrogen-bond acceptors (Lipinski definition) is 3. The van der Waals surface area contributed by atoms with E-state index in [1.54, 1.807) is 6.07 Å². The van der Waals surface area contributed by atoms with Gasteiger partial charge in [-0.2, -0.15) is 0 Å². The van der Waals surface area contributed by atoms with Gasteiger partial charge in [-0.05, 0) is 56.0 Å². The number of nitrogens with one attached hydrogen (secondary N) is 2. The molecular weight excluding hydrogens is 376 g/mol. The van der Waals surface area contributed by atoms with E-state index in [0.717, 1.165) is 36.0 Å². The summed E-state index contributed by atoms with van der Waals surface area (Å²) in [5, 5.41) is 3.30. The highest BCUT2D eigenvalue weighted by Crippen LogP contribution is 2.28. The van der Waals surface area contributed by atoms with Crippen molar-refractivity contribution in [2.75, 3.05) is 19.6 Å². The van der Waals surface area contributed by atoms with Crippen molar-refractivity contribution >= 4 is 38.4 Å². The molecule has 0 atom stereocenters. The van der Waals surface area contributed by atoms with E-state index in [2.05, 4.69) is 32.9 Å². The van der Waals surface area contributed by atoms with Gasteiger partial charge in [-0.15, -0.1) is 12.4 Å². The van der Waals surface area contributed by atoms with E-state index in [4.69, 9.17) is 0 Å². The lowest BCUT2D eigenvalue weighted by Crippen LogP contribution is -2.42. The highest BCUT2D eigenvalue weighted by Gasteiger charge is 2.29. The molecule has 7 heteroatoms. The van der Waals surface area contributed by atoms with E-state index < -0.39 is 10.0 Å². The lowest BCUT2D eigenvalue weighted by atomic mass is 9.81. The highest BCUT2D eigenvalue weighted by molar-refractivity contribution is 9.10. The molecule has 120 valence electrons. The smallest absolute Gasteiger partial charge is 0.240 e. The Morgan fingerprint density at radius 2 is 1.95 bits per heavy atom. The lowest BCUT2D eigenvalue weighted by molar-refractivity contribution is 0.232. The van der Waals surface area contributed by atoms with E-state index in [0.29, 0.717) is 11.4 Å². The number of sulfonamides is 1. The van der Waals surface area contributed by atoms with Crippen LogP contribution in [0.25, 0.3) is 0 Å². The SMILES string of the molecule is Cc1ccc(Br)cc1S(=O)(=O)NCC1(C)CCNCC1.Cl. The van der Waals surface area contributed by atoms with Crippen LogP contribution in [0.3, 0.4) is 0 Å². The van der Waals surface area contributed by atoms with Crippen LogP contribution in [0.1, 0.15) is 25.3 Å². The molecule has 0 amide bonds. The molecule has 4 nitrogen and oxygen atoms in total. The summed E-state index contributed by atoms with van der Waals surface area (Å²) >= 11 is 3.33. The Labute approximate surface area is 141 Å². The predicted octanol–water partition coefficient (Wildman–Crippen LogP) is 2.85. The molecule has 0 saturated carbocycles. The molecule has 1 aromatic rings. The lowest BCUT2D eigenvalue weighted by Gasteiger charge is -2.34. The Bertz CT molecular complexity index is 587. The van der Waals surface area contributed by atoms with Crippen LogP contribution in [0.5, 0.6) is 0 Å². The maximum absolute atomic E-state index is 12.4. The summed E-state index contributed by atoms with van der Waals surface area (Å²) in [4.78, 5) is 0.351. The number of piperidine rings is 1. The van der Waals surface area contributed by atoms with Gasteiger partial charge in [-0.1, -0.05) is 28.9 Å². The van der Waals surface area contributed by atoms with E-state index in [-0.39, 0.29) is 17.8 Å². The molecule has 1 heterocycles. The zero-order chi connectivity index (χ0) is 14.8. The number of hydrogen-bond donors (Lipinski definition) is 2. The van der Waals surface area contributed by atoms with Gasteiger partial charge in [-0.25, -0.2) is 13.1 Å². The first-order valence-electron chi connectivity index (χ1n) is 6.79. The first-order chi connectivity index (χ1) is 9.32. The van der Waals surface area contributed by atoms with Gasteiger partial charge in [0, 0.05) is 11.0 Å². The molecule has 21 heavy (non-hydrogen) atoms. The Balaban J connectivity index is 0.00000220. The van der Waals surface area contributed by atoms with Crippen LogP contribution >= 0.6 is 28.3 Å². The minimum atomic E-state index is -3.45. The van der Waals surface area contributed by atoms with Gasteiger partial charge >= 0.3 is 0 Å². The van der Waals surface area contributed by atoms with Crippen molar-refractivity contribution in [2.45, 2.75) is 31.6 Å². The van der Waals surface area contributed by atoms with E-state index in [1.807, 2.05) is 19.1 Å². The largest absolute Gasteiger partial charge is 0.317 e. The molecule has 0 aromatic heterocycles. The molecule has 1 aliphatic rings. The van der Waals surface area contributed by atoms with Gasteiger partial charge in [0.1, 0.15) is 0 Å². The molecule has 2 rings (SSSR count). The normalized spacial score (nSPS) is 18.0. The van der Waals surface area contributed by atoms with E-state index >= 15 is 0 Å². The first kappa shape index (κ1) is 18.9. The van der Waals surface area contributed by atoms with E-state index in [1.165, 1.54) is 0 Å². The summed E-state index contributed by atoms with van der Waals surface area (Å²) in [6.07, 6.45) is 1.99. The van der Waals surface area contributed by atoms with Gasteiger partial charge in [0.15, 0.2) is 0 Å². The quantitative estimate of drug-likeness (QED) is 0.821. The summed E-state index contributed by atoms with van der Waals surface area (Å²) in [6.45, 7) is 6.35. The van der Waals surface area contributed by atoms with Crippen molar-refractivity contribution in [1.29, 1.82) is 0 Å². The van der Waals surface area contributed by atoms with Crippen molar-refractivity contribution in [3.63, 3.8) is 0 Å². The predicted molar refractivity (Wildman–Crippen MR) is 91.5 cm³/mol. The highest BCUT2D eigenvalue weighted by atomic mass is 79.9. The third-order valence-corrected chi connectivity index (χ3v) is 5.98. The van der Waals surface area contributed by atoms with Crippen LogP contribution in [-0.4, -0.2) is 28.1 Å². The summed E-state index contributed by atoms with van der Waals surface area (Å²) in [5.74, 6) is 0. The molecule has 0 aliphatic carbocycles. The monoisotopic (exact) mass is 396 g/mol. The van der Waals surface area contributed by atoms with Crippen molar-refractivity contribution in [3.8, 4) is 0 Å². The molecule has 0 unspecified atom stereocenters. The number of halogens is 2. The second-order valence-electron chi connectivity index (χ2n) is 5.80. The number of rotatable bonds is 4. The Kier molecular flexibility index (Phi) is 6.68. The average molecular weight is 398 g/mol. The van der Waals surface area contributed by atoms with Gasteiger partial charge in [-0.3, -0.25) is 0 Å². The molecule has 0 bridgehead atoms. The summed E-state index contributed by atoms with van der Waals surface area (Å²) in [5.41, 5.74) is 0.800. The Hall–Kier alpha value is -0.140. The fourth-order valence-corrected chi connectivity index (χ4v) is 4.40. The minimum Gasteiger partial charge on any atom is -0.317 e. The maximum Gasteiger partial charge on any atom is 0.240 e. The molecule has 0 spiro atoms. The number of aryl methyl sites for hydroxylation is 1. The van der Waals surface area contributed by atoms with Gasteiger partial charge < -0.3 is 5.32 Å². The van der Waals surface area contributed by atoms with Gasteiger partial charge in [0.25, 0.3) is 0 Å². The molecule has 1 aliphatic heterocycles. The summed E-state index contributed by atoms with van der Waals surface area (Å²) < 4.78 is 28.4. The molecule has 1 saturated heterocycles. The zero-order valence-corrected chi connectivity index (χ0v) is 15.5. The average Bonchev–Trinajstić information content (AvgIpc) is 2.40. The molecule has 1 fully saturated rings. The zero-order valence-electron chi connectivity index (χ0n) is 12.3.